The molecule has 4 fully saturated rings. The Kier molecular flexibility index (Phi) is 3.83. The minimum absolute atomic E-state index is 0.0457. The first-order chi connectivity index (χ1) is 10.8. The molecular weight excluding hydrogens is 301 g/mol. The van der Waals surface area contributed by atoms with Crippen molar-refractivity contribution in [3.05, 3.63) is 0 Å². The predicted octanol–water partition coefficient (Wildman–Crippen LogP) is 1.20. The maximum Gasteiger partial charge on any atom is 0.309 e. The molecule has 0 spiro atoms. The maximum absolute atomic E-state index is 13.6. The van der Waals surface area contributed by atoms with Crippen LogP contribution in [-0.4, -0.2) is 46.7 Å². The van der Waals surface area contributed by atoms with Gasteiger partial charge in [0.2, 0.25) is 5.91 Å². The van der Waals surface area contributed by atoms with Gasteiger partial charge in [-0.05, 0) is 43.9 Å². The lowest BCUT2D eigenvalue weighted by Crippen LogP contribution is -2.59. The van der Waals surface area contributed by atoms with Crippen molar-refractivity contribution in [1.82, 2.24) is 4.90 Å². The maximum atomic E-state index is 13.6. The Morgan fingerprint density at radius 3 is 2.30 bits per heavy atom. The molecular formula is C16H22FN3O3. The molecule has 1 amide bonds. The summed E-state index contributed by atoms with van der Waals surface area (Å²) >= 11 is 0. The topological polar surface area (TPSA) is 107 Å². The fourth-order valence-electron chi connectivity index (χ4n) is 4.59. The summed E-state index contributed by atoms with van der Waals surface area (Å²) in [5.74, 6) is -1.11. The van der Waals surface area contributed by atoms with Gasteiger partial charge in [0.1, 0.15) is 12.2 Å². The van der Waals surface area contributed by atoms with E-state index in [1.54, 1.807) is 0 Å². The van der Waals surface area contributed by atoms with Crippen molar-refractivity contribution in [2.24, 2.45) is 16.6 Å². The van der Waals surface area contributed by atoms with Crippen molar-refractivity contribution in [3.63, 3.8) is 0 Å². The minimum Gasteiger partial charge on any atom is -0.481 e. The first kappa shape index (κ1) is 16.2. The zero-order valence-corrected chi connectivity index (χ0v) is 13.0. The monoisotopic (exact) mass is 323 g/mol. The van der Waals surface area contributed by atoms with Crippen LogP contribution in [0.2, 0.25) is 0 Å². The Morgan fingerprint density at radius 2 is 1.83 bits per heavy atom. The Morgan fingerprint density at radius 1 is 1.26 bits per heavy atom. The Hall–Kier alpha value is -1.68. The first-order valence-electron chi connectivity index (χ1n) is 8.17. The molecule has 7 heteroatoms. The van der Waals surface area contributed by atoms with Gasteiger partial charge in [0, 0.05) is 6.42 Å². The van der Waals surface area contributed by atoms with Gasteiger partial charge >= 0.3 is 5.97 Å². The number of rotatable bonds is 3. The molecule has 1 heterocycles. The van der Waals surface area contributed by atoms with Gasteiger partial charge in [0.05, 0.1) is 24.1 Å². The van der Waals surface area contributed by atoms with Crippen LogP contribution in [-0.2, 0) is 9.59 Å². The Bertz CT molecular complexity index is 549. The van der Waals surface area contributed by atoms with Crippen LogP contribution in [0.3, 0.4) is 0 Å². The zero-order valence-electron chi connectivity index (χ0n) is 13.0. The third-order valence-electron chi connectivity index (χ3n) is 6.37. The van der Waals surface area contributed by atoms with E-state index >= 15 is 0 Å². The fourth-order valence-corrected chi connectivity index (χ4v) is 4.59. The van der Waals surface area contributed by atoms with Gasteiger partial charge in [-0.2, -0.15) is 5.26 Å². The number of nitrogens with zero attached hydrogens (tertiary/aromatic N) is 2. The SMILES string of the molecule is N#C[C@@H]1C[C@H](F)CN1C(=O)C(N)C12CCC(C(=O)O)(CC1)CC2. The number of halogens is 1. The summed E-state index contributed by atoms with van der Waals surface area (Å²) in [7, 11) is 0. The zero-order chi connectivity index (χ0) is 16.8. The number of carboxylic acids is 1. The second kappa shape index (κ2) is 5.45. The lowest BCUT2D eigenvalue weighted by molar-refractivity contribution is -0.161. The quantitative estimate of drug-likeness (QED) is 0.811. The summed E-state index contributed by atoms with van der Waals surface area (Å²) in [6.45, 7) is -0.0695. The summed E-state index contributed by atoms with van der Waals surface area (Å²) in [5.41, 5.74) is 5.20. The first-order valence-corrected chi connectivity index (χ1v) is 8.17. The molecule has 0 aromatic carbocycles. The van der Waals surface area contributed by atoms with E-state index in [0.717, 1.165) is 0 Å². The average Bonchev–Trinajstić information content (AvgIpc) is 2.96. The van der Waals surface area contributed by atoms with Crippen molar-refractivity contribution >= 4 is 11.9 Å². The van der Waals surface area contributed by atoms with Crippen molar-refractivity contribution in [2.75, 3.05) is 6.54 Å². The van der Waals surface area contributed by atoms with Crippen LogP contribution in [0.5, 0.6) is 0 Å². The number of carboxylic acid groups (broad SMARTS) is 1. The van der Waals surface area contributed by atoms with Gasteiger partial charge in [-0.3, -0.25) is 9.59 Å². The largest absolute Gasteiger partial charge is 0.481 e. The van der Waals surface area contributed by atoms with Crippen LogP contribution in [0.25, 0.3) is 0 Å². The molecule has 4 rings (SSSR count). The summed E-state index contributed by atoms with van der Waals surface area (Å²) in [6, 6.07) is 0.449. The van der Waals surface area contributed by atoms with Gasteiger partial charge in [0.25, 0.3) is 0 Å². The molecule has 126 valence electrons. The van der Waals surface area contributed by atoms with Crippen LogP contribution < -0.4 is 5.73 Å². The van der Waals surface area contributed by atoms with Crippen LogP contribution in [0.15, 0.2) is 0 Å². The molecule has 3 atom stereocenters. The molecule has 23 heavy (non-hydrogen) atoms. The number of alkyl halides is 1. The molecule has 4 aliphatic rings. The Balaban J connectivity index is 1.74. The fraction of sp³-hybridized carbons (Fsp3) is 0.812. The number of amides is 1. The molecule has 0 aromatic heterocycles. The smallest absolute Gasteiger partial charge is 0.309 e. The standard InChI is InChI=1S/C16H22FN3O3/c17-10-7-11(8-18)20(9-10)13(21)12(19)15-1-4-16(5-2-15,6-3-15)14(22)23/h10-12H,1-7,9,19H2,(H,22,23)/t10-,11-,12?,15?,16?/m0/s1. The molecule has 1 unspecified atom stereocenters. The van der Waals surface area contributed by atoms with Gasteiger partial charge in [-0.15, -0.1) is 0 Å². The molecule has 3 N–H and O–H groups in total. The summed E-state index contributed by atoms with van der Waals surface area (Å²) < 4.78 is 13.6. The Labute approximate surface area is 134 Å². The minimum atomic E-state index is -1.18. The second-order valence-electron chi connectivity index (χ2n) is 7.39. The highest BCUT2D eigenvalue weighted by Crippen LogP contribution is 2.58. The highest BCUT2D eigenvalue weighted by atomic mass is 19.1. The summed E-state index contributed by atoms with van der Waals surface area (Å²) in [4.78, 5) is 25.5. The number of hydrogen-bond acceptors (Lipinski definition) is 4. The molecule has 0 aromatic rings. The van der Waals surface area contributed by atoms with Gasteiger partial charge < -0.3 is 15.7 Å². The number of nitriles is 1. The highest BCUT2D eigenvalue weighted by molar-refractivity contribution is 5.84. The van der Waals surface area contributed by atoms with E-state index in [4.69, 9.17) is 11.0 Å². The third kappa shape index (κ3) is 2.40. The molecule has 1 aliphatic heterocycles. The van der Waals surface area contributed by atoms with E-state index in [1.165, 1.54) is 4.90 Å². The predicted molar refractivity (Wildman–Crippen MR) is 78.8 cm³/mol. The molecule has 1 saturated heterocycles. The van der Waals surface area contributed by atoms with Crippen molar-refractivity contribution < 1.29 is 19.1 Å². The molecule has 6 nitrogen and oxygen atoms in total. The lowest BCUT2D eigenvalue weighted by atomic mass is 9.51. The molecule has 2 bridgehead atoms. The lowest BCUT2D eigenvalue weighted by Gasteiger charge is -2.53. The molecule has 3 aliphatic carbocycles. The van der Waals surface area contributed by atoms with E-state index in [-0.39, 0.29) is 18.9 Å². The number of aliphatic carboxylic acids is 1. The van der Waals surface area contributed by atoms with Crippen LogP contribution in [0, 0.1) is 22.2 Å². The van der Waals surface area contributed by atoms with Gasteiger partial charge in [-0.25, -0.2) is 4.39 Å². The second-order valence-corrected chi connectivity index (χ2v) is 7.39. The van der Waals surface area contributed by atoms with E-state index in [1.807, 2.05) is 6.07 Å². The van der Waals surface area contributed by atoms with Crippen molar-refractivity contribution in [1.29, 1.82) is 5.26 Å². The van der Waals surface area contributed by atoms with E-state index < -0.39 is 35.1 Å². The van der Waals surface area contributed by atoms with Gasteiger partial charge in [-0.1, -0.05) is 0 Å². The van der Waals surface area contributed by atoms with Crippen LogP contribution in [0.4, 0.5) is 4.39 Å². The van der Waals surface area contributed by atoms with Crippen molar-refractivity contribution in [2.45, 2.75) is 63.2 Å². The molecule has 3 saturated carbocycles. The van der Waals surface area contributed by atoms with Gasteiger partial charge in [0.15, 0.2) is 0 Å². The third-order valence-corrected chi connectivity index (χ3v) is 6.37. The number of hydrogen-bond donors (Lipinski definition) is 2. The van der Waals surface area contributed by atoms with Crippen LogP contribution >= 0.6 is 0 Å². The number of carbonyl (C=O) groups excluding carboxylic acids is 1. The van der Waals surface area contributed by atoms with Crippen molar-refractivity contribution in [3.8, 4) is 6.07 Å². The van der Waals surface area contributed by atoms with E-state index in [2.05, 4.69) is 0 Å². The number of carbonyl (C=O) groups is 2. The van der Waals surface area contributed by atoms with E-state index in [0.29, 0.717) is 38.5 Å². The molecule has 0 radical (unpaired) electrons. The highest BCUT2D eigenvalue weighted by Gasteiger charge is 2.56. The number of fused-ring (bicyclic) bond motifs is 3. The summed E-state index contributed by atoms with van der Waals surface area (Å²) in [5, 5.41) is 18.5. The number of nitrogens with two attached hydrogens (primary N) is 1. The average molecular weight is 323 g/mol. The van der Waals surface area contributed by atoms with Crippen LogP contribution in [0.1, 0.15) is 44.9 Å². The summed E-state index contributed by atoms with van der Waals surface area (Å²) in [6.07, 6.45) is 2.31. The normalized spacial score (nSPS) is 40.7. The number of likely N-dealkylation sites (tertiary alicyclic amines) is 1. The van der Waals surface area contributed by atoms with E-state index in [9.17, 15) is 19.1 Å².